The summed E-state index contributed by atoms with van der Waals surface area (Å²) in [6.07, 6.45) is 16.4. The Labute approximate surface area is 208 Å². The van der Waals surface area contributed by atoms with Crippen molar-refractivity contribution in [1.29, 1.82) is 0 Å². The second-order valence-corrected chi connectivity index (χ2v) is 11.2. The summed E-state index contributed by atoms with van der Waals surface area (Å²) in [7, 11) is 0. The number of carbonyl (C=O) groups is 1. The molecule has 2 aliphatic carbocycles. The number of cyclic esters (lactones) is 1. The summed E-state index contributed by atoms with van der Waals surface area (Å²) in [6, 6.07) is 1.95. The van der Waals surface area contributed by atoms with E-state index in [9.17, 15) is 9.90 Å². The van der Waals surface area contributed by atoms with Crippen LogP contribution in [-0.2, 0) is 16.0 Å². The number of unbranched alkanes of at least 4 members (excludes halogenated alkanes) is 1. The number of hydrogen-bond acceptors (Lipinski definition) is 6. The minimum atomic E-state index is -0.560. The first-order chi connectivity index (χ1) is 16.9. The molecule has 35 heavy (non-hydrogen) atoms. The van der Waals surface area contributed by atoms with Gasteiger partial charge in [-0.3, -0.25) is 0 Å². The molecule has 1 N–H and O–H groups in total. The largest absolute Gasteiger partial charge is 0.512 e. The molecule has 1 atom stereocenters. The van der Waals surface area contributed by atoms with Crippen molar-refractivity contribution in [2.24, 2.45) is 11.8 Å². The second kappa shape index (κ2) is 10.3. The molecule has 0 amide bonds. The highest BCUT2D eigenvalue weighted by Crippen LogP contribution is 2.46. The van der Waals surface area contributed by atoms with Gasteiger partial charge in [0.2, 0.25) is 0 Å². The number of aryl methyl sites for hydroxylation is 2. The lowest BCUT2D eigenvalue weighted by molar-refractivity contribution is -0.167. The Kier molecular flexibility index (Phi) is 7.12. The van der Waals surface area contributed by atoms with Gasteiger partial charge in [0.15, 0.2) is 5.82 Å². The second-order valence-electron chi connectivity index (χ2n) is 11.2. The molecule has 2 fully saturated rings. The fourth-order valence-electron chi connectivity index (χ4n) is 6.76. The number of fused-ring (bicyclic) bond motifs is 1. The Morgan fingerprint density at radius 2 is 1.80 bits per heavy atom. The number of hydrogen-bond donors (Lipinski definition) is 1. The maximum atomic E-state index is 13.3. The first kappa shape index (κ1) is 24.3. The Morgan fingerprint density at radius 1 is 1.06 bits per heavy atom. The monoisotopic (exact) mass is 480 g/mol. The molecule has 2 aromatic rings. The first-order valence-corrected chi connectivity index (χ1v) is 13.8. The van der Waals surface area contributed by atoms with Crippen LogP contribution in [0.25, 0.3) is 5.78 Å². The number of esters is 1. The van der Waals surface area contributed by atoms with E-state index in [1.165, 1.54) is 57.8 Å². The van der Waals surface area contributed by atoms with E-state index in [4.69, 9.17) is 4.74 Å². The van der Waals surface area contributed by atoms with Crippen molar-refractivity contribution in [2.75, 3.05) is 0 Å². The summed E-state index contributed by atoms with van der Waals surface area (Å²) in [5, 5.41) is 15.7. The zero-order valence-corrected chi connectivity index (χ0v) is 21.4. The zero-order valence-electron chi connectivity index (χ0n) is 21.4. The lowest BCUT2D eigenvalue weighted by Crippen LogP contribution is -2.46. The molecule has 3 aliphatic rings. The van der Waals surface area contributed by atoms with Gasteiger partial charge in [-0.05, 0) is 57.4 Å². The molecule has 3 heterocycles. The van der Waals surface area contributed by atoms with Gasteiger partial charge in [0.1, 0.15) is 11.4 Å². The number of carbonyl (C=O) groups excluding carboxylic acids is 1. The molecule has 1 unspecified atom stereocenters. The van der Waals surface area contributed by atoms with E-state index in [0.717, 1.165) is 43.0 Å². The van der Waals surface area contributed by atoms with E-state index in [1.54, 1.807) is 4.52 Å². The molecule has 2 saturated carbocycles. The van der Waals surface area contributed by atoms with Crippen LogP contribution in [0.5, 0.6) is 0 Å². The summed E-state index contributed by atoms with van der Waals surface area (Å²) in [5.74, 6) is 1.98. The first-order valence-electron chi connectivity index (χ1n) is 13.8. The molecule has 0 radical (unpaired) electrons. The van der Waals surface area contributed by atoms with Crippen LogP contribution in [0.15, 0.2) is 17.4 Å². The van der Waals surface area contributed by atoms with Gasteiger partial charge in [-0.15, -0.1) is 5.10 Å². The van der Waals surface area contributed by atoms with Crippen LogP contribution >= 0.6 is 0 Å². The van der Waals surface area contributed by atoms with Gasteiger partial charge < -0.3 is 9.84 Å². The van der Waals surface area contributed by atoms with E-state index in [1.807, 2.05) is 19.9 Å². The third-order valence-electron chi connectivity index (χ3n) is 8.64. The van der Waals surface area contributed by atoms with Gasteiger partial charge >= 0.3 is 5.97 Å². The van der Waals surface area contributed by atoms with Crippen LogP contribution in [0.4, 0.5) is 0 Å². The summed E-state index contributed by atoms with van der Waals surface area (Å²) < 4.78 is 7.97. The Hall–Kier alpha value is -2.44. The highest BCUT2D eigenvalue weighted by molar-refractivity contribution is 5.90. The predicted octanol–water partition coefficient (Wildman–Crippen LogP) is 6.11. The smallest absolute Gasteiger partial charge is 0.338 e. The quantitative estimate of drug-likeness (QED) is 0.362. The molecule has 7 heteroatoms. The average Bonchev–Trinajstić information content (AvgIpc) is 3.51. The normalized spacial score (nSPS) is 24.5. The average molecular weight is 481 g/mol. The Bertz CT molecular complexity index is 1100. The van der Waals surface area contributed by atoms with Gasteiger partial charge in [-0.2, -0.15) is 4.98 Å². The van der Waals surface area contributed by atoms with Crippen LogP contribution in [0, 0.1) is 25.7 Å². The highest BCUT2D eigenvalue weighted by Gasteiger charge is 2.48. The van der Waals surface area contributed by atoms with Crippen molar-refractivity contribution in [1.82, 2.24) is 19.6 Å². The fourth-order valence-corrected chi connectivity index (χ4v) is 6.76. The van der Waals surface area contributed by atoms with Crippen molar-refractivity contribution in [3.8, 4) is 0 Å². The summed E-state index contributed by atoms with van der Waals surface area (Å²) >= 11 is 0. The molecule has 1 aliphatic heterocycles. The number of nitrogens with zero attached hydrogens (tertiary/aromatic N) is 4. The molecular formula is C28H40N4O3. The van der Waals surface area contributed by atoms with Crippen molar-refractivity contribution >= 4 is 11.7 Å². The van der Waals surface area contributed by atoms with Crippen molar-refractivity contribution in [3.63, 3.8) is 0 Å². The minimum Gasteiger partial charge on any atom is -0.512 e. The number of rotatable bonds is 8. The maximum absolute atomic E-state index is 13.3. The minimum absolute atomic E-state index is 0.162. The number of aliphatic hydroxyl groups is 1. The van der Waals surface area contributed by atoms with E-state index < -0.39 is 11.6 Å². The highest BCUT2D eigenvalue weighted by atomic mass is 16.6. The maximum Gasteiger partial charge on any atom is 0.338 e. The molecule has 2 aromatic heterocycles. The van der Waals surface area contributed by atoms with Crippen molar-refractivity contribution < 1.29 is 14.6 Å². The SMILES string of the molecule is Cc1cc(C)n2nc(CC3=C(O)CC(CCCCC4CCCCC4)(C4CCCC4)OC3=O)nc2n1. The number of aliphatic hydroxyl groups excluding tert-OH is 1. The van der Waals surface area contributed by atoms with Gasteiger partial charge in [0.25, 0.3) is 5.78 Å². The van der Waals surface area contributed by atoms with Gasteiger partial charge in [-0.1, -0.05) is 57.8 Å². The van der Waals surface area contributed by atoms with Crippen LogP contribution in [0.1, 0.15) is 107 Å². The van der Waals surface area contributed by atoms with Gasteiger partial charge in [0.05, 0.1) is 5.57 Å². The zero-order chi connectivity index (χ0) is 24.4. The third kappa shape index (κ3) is 5.24. The standard InChI is InChI=1S/C28H40N4O3/c1-19-16-20(2)32-27(29-19)30-25(31-32)17-23-24(33)18-28(35-26(23)34,22-13-6-7-14-22)15-9-8-12-21-10-4-3-5-11-21/h16,21-22,33H,3-15,17-18H2,1-2H3. The van der Waals surface area contributed by atoms with Crippen LogP contribution < -0.4 is 0 Å². The molecule has 190 valence electrons. The lowest BCUT2D eigenvalue weighted by Gasteiger charge is -2.42. The lowest BCUT2D eigenvalue weighted by atomic mass is 9.76. The van der Waals surface area contributed by atoms with E-state index >= 15 is 0 Å². The van der Waals surface area contributed by atoms with Crippen LogP contribution in [0.3, 0.4) is 0 Å². The Balaban J connectivity index is 1.30. The van der Waals surface area contributed by atoms with Crippen molar-refractivity contribution in [3.05, 3.63) is 34.6 Å². The molecule has 0 bridgehead atoms. The van der Waals surface area contributed by atoms with Crippen LogP contribution in [-0.4, -0.2) is 36.3 Å². The molecule has 0 spiro atoms. The molecule has 0 saturated heterocycles. The van der Waals surface area contributed by atoms with E-state index in [0.29, 0.717) is 29.5 Å². The summed E-state index contributed by atoms with van der Waals surface area (Å²) in [4.78, 5) is 22.2. The summed E-state index contributed by atoms with van der Waals surface area (Å²) in [6.45, 7) is 3.88. The third-order valence-corrected chi connectivity index (χ3v) is 8.64. The summed E-state index contributed by atoms with van der Waals surface area (Å²) in [5.41, 5.74) is 1.54. The van der Waals surface area contributed by atoms with Gasteiger partial charge in [0, 0.05) is 24.2 Å². The Morgan fingerprint density at radius 3 is 2.54 bits per heavy atom. The fraction of sp³-hybridized carbons (Fsp3) is 0.714. The van der Waals surface area contributed by atoms with Crippen LogP contribution in [0.2, 0.25) is 0 Å². The predicted molar refractivity (Wildman–Crippen MR) is 134 cm³/mol. The topological polar surface area (TPSA) is 89.6 Å². The molecular weight excluding hydrogens is 440 g/mol. The molecule has 0 aromatic carbocycles. The van der Waals surface area contributed by atoms with Gasteiger partial charge in [-0.25, -0.2) is 14.3 Å². The number of aromatic nitrogens is 4. The van der Waals surface area contributed by atoms with E-state index in [-0.39, 0.29) is 12.2 Å². The van der Waals surface area contributed by atoms with E-state index in [2.05, 4.69) is 15.1 Å². The molecule has 5 rings (SSSR count). The van der Waals surface area contributed by atoms with Crippen molar-refractivity contribution in [2.45, 2.75) is 116 Å². The number of ether oxygens (including phenoxy) is 1. The molecule has 7 nitrogen and oxygen atoms in total.